The fourth-order valence-corrected chi connectivity index (χ4v) is 3.05. The topological polar surface area (TPSA) is 58.2 Å². The lowest BCUT2D eigenvalue weighted by molar-refractivity contribution is 0.575. The minimum absolute atomic E-state index is 0. The van der Waals surface area contributed by atoms with Gasteiger partial charge in [-0.05, 0) is 19.0 Å². The normalized spacial score (nSPS) is 15.3. The van der Waals surface area contributed by atoms with Gasteiger partial charge in [0.25, 0.3) is 0 Å². The number of rotatable bonds is 5. The Kier molecular flexibility index (Phi) is 6.61. The molecule has 1 aliphatic heterocycles. The van der Waals surface area contributed by atoms with Crippen LogP contribution in [0.5, 0.6) is 0 Å². The fraction of sp³-hybridized carbons (Fsp3) is 0.385. The molecule has 112 valence electrons. The van der Waals surface area contributed by atoms with E-state index < -0.39 is 15.8 Å². The molecule has 4 nitrogen and oxygen atoms in total. The van der Waals surface area contributed by atoms with Gasteiger partial charge in [-0.15, -0.1) is 12.4 Å². The standard InChI is InChI=1S/C13H17FN2O2S.ClH/c14-13-4-2-1-3-12(13)10-19(17,18)16-9-11-5-7-15-8-6-11;/h1-5,15-16H,6-10H2;1H. The SMILES string of the molecule is Cl.O=S(=O)(Cc1ccccc1F)NCC1=CCNCC1. The van der Waals surface area contributed by atoms with E-state index in [1.165, 1.54) is 12.1 Å². The van der Waals surface area contributed by atoms with Crippen molar-refractivity contribution in [3.05, 3.63) is 47.3 Å². The van der Waals surface area contributed by atoms with Crippen molar-refractivity contribution in [1.29, 1.82) is 0 Å². The Morgan fingerprint density at radius 3 is 2.70 bits per heavy atom. The van der Waals surface area contributed by atoms with Gasteiger partial charge in [0.2, 0.25) is 10.0 Å². The summed E-state index contributed by atoms with van der Waals surface area (Å²) in [6.07, 6.45) is 2.82. The minimum Gasteiger partial charge on any atom is -0.313 e. The van der Waals surface area contributed by atoms with Crippen LogP contribution >= 0.6 is 12.4 Å². The summed E-state index contributed by atoms with van der Waals surface area (Å²) in [5.74, 6) is -0.820. The molecule has 0 atom stereocenters. The summed E-state index contributed by atoms with van der Waals surface area (Å²) in [7, 11) is -3.51. The summed E-state index contributed by atoms with van der Waals surface area (Å²) in [6.45, 7) is 1.93. The van der Waals surface area contributed by atoms with Gasteiger partial charge in [0, 0.05) is 18.7 Å². The maximum Gasteiger partial charge on any atom is 0.216 e. The average molecular weight is 321 g/mol. The third-order valence-corrected chi connectivity index (χ3v) is 4.26. The Morgan fingerprint density at radius 1 is 1.30 bits per heavy atom. The van der Waals surface area contributed by atoms with Crippen molar-refractivity contribution in [2.45, 2.75) is 12.2 Å². The first kappa shape index (κ1) is 17.1. The number of halogens is 2. The molecule has 2 N–H and O–H groups in total. The second-order valence-corrected chi connectivity index (χ2v) is 6.29. The summed E-state index contributed by atoms with van der Waals surface area (Å²) < 4.78 is 39.7. The van der Waals surface area contributed by atoms with Gasteiger partial charge in [-0.1, -0.05) is 29.8 Å². The van der Waals surface area contributed by atoms with Gasteiger partial charge in [0.15, 0.2) is 0 Å². The zero-order chi connectivity index (χ0) is 13.7. The molecule has 1 aliphatic rings. The van der Waals surface area contributed by atoms with Crippen LogP contribution in [-0.2, 0) is 15.8 Å². The number of hydrogen-bond acceptors (Lipinski definition) is 3. The van der Waals surface area contributed by atoms with Crippen molar-refractivity contribution in [2.75, 3.05) is 19.6 Å². The maximum absolute atomic E-state index is 13.4. The lowest BCUT2D eigenvalue weighted by atomic mass is 10.1. The van der Waals surface area contributed by atoms with Crippen molar-refractivity contribution in [2.24, 2.45) is 0 Å². The third-order valence-electron chi connectivity index (χ3n) is 2.98. The lowest BCUT2D eigenvalue weighted by Gasteiger charge is -2.14. The average Bonchev–Trinajstić information content (AvgIpc) is 2.40. The summed E-state index contributed by atoms with van der Waals surface area (Å²) in [5.41, 5.74) is 1.25. The molecule has 1 heterocycles. The second kappa shape index (κ2) is 7.73. The molecule has 0 bridgehead atoms. The minimum atomic E-state index is -3.51. The highest BCUT2D eigenvalue weighted by Crippen LogP contribution is 2.10. The summed E-state index contributed by atoms with van der Waals surface area (Å²) in [5, 5.41) is 3.16. The molecular formula is C13H18ClFN2O2S. The predicted octanol–water partition coefficient (Wildman–Crippen LogP) is 1.59. The van der Waals surface area contributed by atoms with Crippen molar-refractivity contribution in [1.82, 2.24) is 10.0 Å². The summed E-state index contributed by atoms with van der Waals surface area (Å²) in [6, 6.07) is 5.92. The first-order chi connectivity index (χ1) is 9.07. The lowest BCUT2D eigenvalue weighted by Crippen LogP contribution is -2.30. The van der Waals surface area contributed by atoms with Gasteiger partial charge in [0.05, 0.1) is 5.75 Å². The van der Waals surface area contributed by atoms with Gasteiger partial charge >= 0.3 is 0 Å². The molecular weight excluding hydrogens is 303 g/mol. The molecule has 0 unspecified atom stereocenters. The first-order valence-electron chi connectivity index (χ1n) is 6.16. The molecule has 20 heavy (non-hydrogen) atoms. The highest BCUT2D eigenvalue weighted by Gasteiger charge is 2.15. The molecule has 0 aromatic heterocycles. The van der Waals surface area contributed by atoms with Crippen LogP contribution in [0, 0.1) is 5.82 Å². The Balaban J connectivity index is 0.00000200. The summed E-state index contributed by atoms with van der Waals surface area (Å²) >= 11 is 0. The number of nitrogens with one attached hydrogen (secondary N) is 2. The third kappa shape index (κ3) is 5.20. The van der Waals surface area contributed by atoms with Crippen LogP contribution in [0.1, 0.15) is 12.0 Å². The quantitative estimate of drug-likeness (QED) is 0.810. The first-order valence-corrected chi connectivity index (χ1v) is 7.81. The molecule has 7 heteroatoms. The molecule has 0 spiro atoms. The summed E-state index contributed by atoms with van der Waals surface area (Å²) in [4.78, 5) is 0. The van der Waals surface area contributed by atoms with E-state index in [0.717, 1.165) is 25.1 Å². The Bertz CT molecular complexity index is 575. The van der Waals surface area contributed by atoms with E-state index in [1.807, 2.05) is 6.08 Å². The van der Waals surface area contributed by atoms with Crippen LogP contribution in [0.2, 0.25) is 0 Å². The maximum atomic E-state index is 13.4. The molecule has 2 rings (SSSR count). The van der Waals surface area contributed by atoms with Crippen LogP contribution in [-0.4, -0.2) is 28.1 Å². The molecule has 0 amide bonds. The van der Waals surface area contributed by atoms with Crippen LogP contribution in [0.3, 0.4) is 0 Å². The molecule has 0 saturated carbocycles. The zero-order valence-electron chi connectivity index (χ0n) is 10.9. The Morgan fingerprint density at radius 2 is 2.05 bits per heavy atom. The van der Waals surface area contributed by atoms with Gasteiger partial charge in [-0.2, -0.15) is 0 Å². The van der Waals surface area contributed by atoms with Gasteiger partial charge in [0.1, 0.15) is 5.82 Å². The highest BCUT2D eigenvalue weighted by molar-refractivity contribution is 7.88. The Labute approximate surface area is 124 Å². The molecule has 0 aliphatic carbocycles. The molecule has 0 radical (unpaired) electrons. The van der Waals surface area contributed by atoms with Crippen molar-refractivity contribution in [3.8, 4) is 0 Å². The molecule has 0 saturated heterocycles. The van der Waals surface area contributed by atoms with Crippen LogP contribution in [0.4, 0.5) is 4.39 Å². The second-order valence-electron chi connectivity index (χ2n) is 4.49. The van der Waals surface area contributed by atoms with E-state index in [4.69, 9.17) is 0 Å². The van der Waals surface area contributed by atoms with E-state index in [2.05, 4.69) is 10.0 Å². The largest absolute Gasteiger partial charge is 0.313 e. The van der Waals surface area contributed by atoms with E-state index in [0.29, 0.717) is 6.54 Å². The van der Waals surface area contributed by atoms with Gasteiger partial charge < -0.3 is 5.32 Å². The fourth-order valence-electron chi connectivity index (χ4n) is 1.90. The van der Waals surface area contributed by atoms with E-state index in [-0.39, 0.29) is 23.7 Å². The van der Waals surface area contributed by atoms with Crippen LogP contribution < -0.4 is 10.0 Å². The number of hydrogen-bond donors (Lipinski definition) is 2. The molecule has 1 aromatic carbocycles. The molecule has 1 aromatic rings. The van der Waals surface area contributed by atoms with Gasteiger partial charge in [-0.3, -0.25) is 0 Å². The highest BCUT2D eigenvalue weighted by atomic mass is 35.5. The zero-order valence-corrected chi connectivity index (χ0v) is 12.6. The van der Waals surface area contributed by atoms with Crippen LogP contribution in [0.25, 0.3) is 0 Å². The number of benzene rings is 1. The predicted molar refractivity (Wildman–Crippen MR) is 79.8 cm³/mol. The number of sulfonamides is 1. The van der Waals surface area contributed by atoms with E-state index in [1.54, 1.807) is 12.1 Å². The smallest absolute Gasteiger partial charge is 0.216 e. The van der Waals surface area contributed by atoms with Crippen molar-refractivity contribution in [3.63, 3.8) is 0 Å². The van der Waals surface area contributed by atoms with Crippen molar-refractivity contribution < 1.29 is 12.8 Å². The Hall–Kier alpha value is -0.950. The van der Waals surface area contributed by atoms with Crippen molar-refractivity contribution >= 4 is 22.4 Å². The van der Waals surface area contributed by atoms with E-state index >= 15 is 0 Å². The van der Waals surface area contributed by atoms with Crippen LogP contribution in [0.15, 0.2) is 35.9 Å². The monoisotopic (exact) mass is 320 g/mol. The van der Waals surface area contributed by atoms with E-state index in [9.17, 15) is 12.8 Å². The molecule has 0 fully saturated rings. The van der Waals surface area contributed by atoms with Gasteiger partial charge in [-0.25, -0.2) is 17.5 Å².